The molecule has 0 rings (SSSR count). The van der Waals surface area contributed by atoms with Gasteiger partial charge in [0.15, 0.2) is 0 Å². The van der Waals surface area contributed by atoms with Gasteiger partial charge in [-0.15, -0.1) is 0 Å². The molecule has 0 bridgehead atoms. The molecule has 0 heterocycles. The summed E-state index contributed by atoms with van der Waals surface area (Å²) in [4.78, 5) is 0. The van der Waals surface area contributed by atoms with Gasteiger partial charge >= 0.3 is 36.0 Å². The standard InChI is InChI=1S/C14H21F14NSi2/c1-30(2,7-5-9(15,16)11(19,20)13(23,24)25)29-31(3,4)8-6-10(17,18)12(21,22)14(26,27)28/h29H,5-8H2,1-4H3. The summed E-state index contributed by atoms with van der Waals surface area (Å²) in [6.07, 6.45) is -16.8. The normalized spacial score (nSPS) is 16.1. The Morgan fingerprint density at radius 2 is 0.710 bits per heavy atom. The summed E-state index contributed by atoms with van der Waals surface area (Å²) in [7, 11) is -6.58. The molecule has 0 aliphatic heterocycles. The maximum absolute atomic E-state index is 13.5. The zero-order valence-electron chi connectivity index (χ0n) is 16.6. The molecule has 0 radical (unpaired) electrons. The van der Waals surface area contributed by atoms with Crippen LogP contribution in [0.5, 0.6) is 0 Å². The van der Waals surface area contributed by atoms with Crippen LogP contribution in [0.1, 0.15) is 12.8 Å². The molecule has 0 spiro atoms. The fourth-order valence-corrected chi connectivity index (χ4v) is 12.9. The van der Waals surface area contributed by atoms with Gasteiger partial charge in [0.1, 0.15) is 16.5 Å². The molecule has 0 amide bonds. The number of alkyl halides is 14. The van der Waals surface area contributed by atoms with Gasteiger partial charge in [0.25, 0.3) is 0 Å². The topological polar surface area (TPSA) is 12.0 Å². The molecule has 0 aliphatic rings. The van der Waals surface area contributed by atoms with Crippen molar-refractivity contribution in [3.63, 3.8) is 0 Å². The Balaban J connectivity index is 5.22. The summed E-state index contributed by atoms with van der Waals surface area (Å²) >= 11 is 0. The van der Waals surface area contributed by atoms with E-state index in [0.29, 0.717) is 0 Å². The first kappa shape index (κ1) is 30.4. The van der Waals surface area contributed by atoms with Crippen LogP contribution in [0.3, 0.4) is 0 Å². The van der Waals surface area contributed by atoms with Crippen LogP contribution in [-0.2, 0) is 0 Å². The fourth-order valence-electron chi connectivity index (χ4n) is 2.71. The number of rotatable bonds is 10. The van der Waals surface area contributed by atoms with E-state index in [1.807, 2.05) is 0 Å². The molecule has 0 aromatic rings. The highest BCUT2D eigenvalue weighted by molar-refractivity contribution is 6.91. The van der Waals surface area contributed by atoms with Gasteiger partial charge in [-0.3, -0.25) is 0 Å². The van der Waals surface area contributed by atoms with E-state index in [1.165, 1.54) is 26.2 Å². The van der Waals surface area contributed by atoms with Crippen LogP contribution >= 0.6 is 0 Å². The second-order valence-electron chi connectivity index (χ2n) is 8.45. The Morgan fingerprint density at radius 1 is 0.484 bits per heavy atom. The van der Waals surface area contributed by atoms with E-state index in [1.54, 1.807) is 0 Å². The minimum atomic E-state index is -6.51. The van der Waals surface area contributed by atoms with E-state index < -0.39 is 77.4 Å². The van der Waals surface area contributed by atoms with Crippen LogP contribution in [0.25, 0.3) is 0 Å². The zero-order valence-corrected chi connectivity index (χ0v) is 18.6. The quantitative estimate of drug-likeness (QED) is 0.231. The maximum atomic E-state index is 13.5. The van der Waals surface area contributed by atoms with E-state index in [4.69, 9.17) is 0 Å². The van der Waals surface area contributed by atoms with E-state index in [2.05, 4.69) is 4.65 Å². The van der Waals surface area contributed by atoms with Crippen molar-refractivity contribution >= 4 is 16.5 Å². The van der Waals surface area contributed by atoms with Gasteiger partial charge in [0.05, 0.1) is 0 Å². The van der Waals surface area contributed by atoms with Crippen molar-refractivity contribution in [2.24, 2.45) is 0 Å². The van der Waals surface area contributed by atoms with Crippen molar-refractivity contribution in [2.45, 2.75) is 87.2 Å². The summed E-state index contributed by atoms with van der Waals surface area (Å²) in [5.74, 6) is -23.6. The molecule has 0 saturated heterocycles. The van der Waals surface area contributed by atoms with Gasteiger partial charge in [-0.25, -0.2) is 0 Å². The first-order valence-electron chi connectivity index (χ1n) is 8.56. The first-order chi connectivity index (χ1) is 13.1. The molecule has 1 N–H and O–H groups in total. The molecule has 188 valence electrons. The lowest BCUT2D eigenvalue weighted by molar-refractivity contribution is -0.355. The second kappa shape index (κ2) is 8.64. The van der Waals surface area contributed by atoms with Gasteiger partial charge in [0.2, 0.25) is 0 Å². The molecule has 17 heteroatoms. The molecule has 1 nitrogen and oxygen atoms in total. The summed E-state index contributed by atoms with van der Waals surface area (Å²) in [6, 6.07) is -1.76. The Bertz CT molecular complexity index is 557. The molecule has 0 saturated carbocycles. The lowest BCUT2D eigenvalue weighted by Gasteiger charge is -2.37. The van der Waals surface area contributed by atoms with Crippen LogP contribution in [-0.4, -0.2) is 52.5 Å². The molecular weight excluding hydrogens is 504 g/mol. The Hall–Kier alpha value is -0.586. The SMILES string of the molecule is C[Si](C)(CCC(F)(F)C(F)(F)C(F)(F)F)N[Si](C)(C)CCC(F)(F)C(F)(F)C(F)(F)F. The summed E-state index contributed by atoms with van der Waals surface area (Å²) in [6.45, 7) is 4.80. The van der Waals surface area contributed by atoms with E-state index in [-0.39, 0.29) is 0 Å². The number of hydrogen-bond donors (Lipinski definition) is 1. The van der Waals surface area contributed by atoms with E-state index >= 15 is 0 Å². The zero-order chi connectivity index (χ0) is 25.5. The summed E-state index contributed by atoms with van der Waals surface area (Å²) in [5, 5.41) is 0. The highest BCUT2D eigenvalue weighted by Crippen LogP contribution is 2.50. The summed E-state index contributed by atoms with van der Waals surface area (Å²) < 4.78 is 181. The predicted octanol–water partition coefficient (Wildman–Crippen LogP) is 7.43. The second-order valence-corrected chi connectivity index (χ2v) is 18.0. The molecule has 0 aliphatic carbocycles. The average Bonchev–Trinajstić information content (AvgIpc) is 2.48. The molecule has 0 fully saturated rings. The molecular formula is C14H21F14NSi2. The largest absolute Gasteiger partial charge is 0.459 e. The van der Waals surface area contributed by atoms with Crippen LogP contribution in [0, 0.1) is 0 Å². The maximum Gasteiger partial charge on any atom is 0.459 e. The third kappa shape index (κ3) is 7.20. The van der Waals surface area contributed by atoms with Crippen LogP contribution in [0.2, 0.25) is 38.3 Å². The highest BCUT2D eigenvalue weighted by Gasteiger charge is 2.73. The van der Waals surface area contributed by atoms with Crippen molar-refractivity contribution in [3.8, 4) is 0 Å². The van der Waals surface area contributed by atoms with Crippen molar-refractivity contribution in [3.05, 3.63) is 0 Å². The van der Waals surface area contributed by atoms with Crippen molar-refractivity contribution < 1.29 is 61.5 Å². The lowest BCUT2D eigenvalue weighted by Crippen LogP contribution is -2.61. The lowest BCUT2D eigenvalue weighted by atomic mass is 10.1. The van der Waals surface area contributed by atoms with Crippen molar-refractivity contribution in [1.82, 2.24) is 4.65 Å². The fraction of sp³-hybridized carbons (Fsp3) is 1.00. The minimum Gasteiger partial charge on any atom is -0.359 e. The van der Waals surface area contributed by atoms with Crippen LogP contribution in [0.4, 0.5) is 61.5 Å². The van der Waals surface area contributed by atoms with Crippen molar-refractivity contribution in [1.29, 1.82) is 0 Å². The van der Waals surface area contributed by atoms with Crippen LogP contribution < -0.4 is 4.65 Å². The van der Waals surface area contributed by atoms with E-state index in [9.17, 15) is 61.5 Å². The molecule has 0 aromatic carbocycles. The van der Waals surface area contributed by atoms with Gasteiger partial charge in [-0.1, -0.05) is 26.2 Å². The number of halogens is 14. The molecule has 0 aromatic heterocycles. The predicted molar refractivity (Wildman–Crippen MR) is 88.8 cm³/mol. The first-order valence-corrected chi connectivity index (χ1v) is 15.0. The average molecular weight is 525 g/mol. The molecule has 0 unspecified atom stereocenters. The smallest absolute Gasteiger partial charge is 0.359 e. The third-order valence-electron chi connectivity index (χ3n) is 4.44. The Morgan fingerprint density at radius 3 is 0.903 bits per heavy atom. The van der Waals surface area contributed by atoms with Crippen LogP contribution in [0.15, 0.2) is 0 Å². The highest BCUT2D eigenvalue weighted by atomic mass is 28.4. The van der Waals surface area contributed by atoms with Gasteiger partial charge in [-0.2, -0.15) is 61.5 Å². The Labute approximate surface area is 170 Å². The van der Waals surface area contributed by atoms with Gasteiger partial charge < -0.3 is 4.65 Å². The van der Waals surface area contributed by atoms with Gasteiger partial charge in [-0.05, 0) is 12.1 Å². The number of nitrogens with one attached hydrogen (secondary N) is 1. The minimum absolute atomic E-state index is 0.878. The van der Waals surface area contributed by atoms with E-state index in [0.717, 1.165) is 0 Å². The summed E-state index contributed by atoms with van der Waals surface area (Å²) in [5.41, 5.74) is 0. The number of hydrogen-bond acceptors (Lipinski definition) is 1. The Kier molecular flexibility index (Phi) is 8.48. The van der Waals surface area contributed by atoms with Gasteiger partial charge in [0, 0.05) is 12.8 Å². The molecule has 31 heavy (non-hydrogen) atoms. The third-order valence-corrected chi connectivity index (χ3v) is 12.8. The monoisotopic (exact) mass is 525 g/mol. The van der Waals surface area contributed by atoms with Crippen molar-refractivity contribution in [2.75, 3.05) is 0 Å². The molecule has 0 atom stereocenters.